The van der Waals surface area contributed by atoms with Crippen molar-refractivity contribution >= 4 is 17.9 Å². The fourth-order valence-electron chi connectivity index (χ4n) is 2.62. The number of halogens is 1. The Bertz CT molecular complexity index is 799. The van der Waals surface area contributed by atoms with E-state index in [9.17, 15) is 9.18 Å². The fourth-order valence-corrected chi connectivity index (χ4v) is 2.62. The number of aliphatic hydroxyl groups excluding tert-OH is 1. The van der Waals surface area contributed by atoms with Gasteiger partial charge in [-0.3, -0.25) is 4.90 Å². The maximum Gasteiger partial charge on any atom is 0.415 e. The van der Waals surface area contributed by atoms with Crippen LogP contribution in [0.15, 0.2) is 24.4 Å². The molecule has 8 heteroatoms. The van der Waals surface area contributed by atoms with Crippen molar-refractivity contribution < 1.29 is 19.0 Å². The third kappa shape index (κ3) is 3.39. The number of fused-ring (bicyclic) bond motifs is 1. The van der Waals surface area contributed by atoms with E-state index in [2.05, 4.69) is 15.3 Å². The molecule has 1 aliphatic heterocycles. The highest BCUT2D eigenvalue weighted by Crippen LogP contribution is 2.26. The molecule has 1 amide bonds. The van der Waals surface area contributed by atoms with Crippen molar-refractivity contribution in [2.24, 2.45) is 0 Å². The Morgan fingerprint density at radius 1 is 1.48 bits per heavy atom. The van der Waals surface area contributed by atoms with Crippen molar-refractivity contribution in [3.05, 3.63) is 46.9 Å². The first-order chi connectivity index (χ1) is 12.0. The summed E-state index contributed by atoms with van der Waals surface area (Å²) in [6, 6.07) is 4.40. The van der Waals surface area contributed by atoms with Gasteiger partial charge in [0.25, 0.3) is 0 Å². The minimum Gasteiger partial charge on any atom is -0.444 e. The first kappa shape index (κ1) is 17.1. The van der Waals surface area contributed by atoms with Gasteiger partial charge in [-0.05, 0) is 25.5 Å². The zero-order valence-corrected chi connectivity index (χ0v) is 14.0. The van der Waals surface area contributed by atoms with Gasteiger partial charge in [0.1, 0.15) is 18.2 Å². The van der Waals surface area contributed by atoms with E-state index in [1.54, 1.807) is 18.3 Å². The average Bonchev–Trinajstić information content (AvgIpc) is 2.61. The maximum absolute atomic E-state index is 13.8. The molecule has 0 saturated carbocycles. The average molecular weight is 346 g/mol. The number of carbonyl (C=O) groups is 1. The van der Waals surface area contributed by atoms with E-state index in [-0.39, 0.29) is 24.8 Å². The van der Waals surface area contributed by atoms with Crippen LogP contribution in [0.5, 0.6) is 0 Å². The first-order valence-electron chi connectivity index (χ1n) is 7.99. The molecule has 2 N–H and O–H groups in total. The molecule has 0 fully saturated rings. The second kappa shape index (κ2) is 7.02. The molecule has 0 radical (unpaired) electrons. The molecule has 1 aliphatic rings. The quantitative estimate of drug-likeness (QED) is 0.866. The van der Waals surface area contributed by atoms with Gasteiger partial charge in [-0.15, -0.1) is 0 Å². The number of nitrogens with zero attached hydrogens (tertiary/aromatic N) is 3. The summed E-state index contributed by atoms with van der Waals surface area (Å²) in [5, 5.41) is 12.1. The first-order valence-corrected chi connectivity index (χ1v) is 7.99. The zero-order chi connectivity index (χ0) is 18.0. The molecule has 1 aromatic heterocycles. The van der Waals surface area contributed by atoms with Crippen molar-refractivity contribution in [2.75, 3.05) is 16.8 Å². The van der Waals surface area contributed by atoms with Crippen LogP contribution >= 0.6 is 0 Å². The van der Waals surface area contributed by atoms with Gasteiger partial charge in [-0.2, -0.15) is 4.98 Å². The number of benzene rings is 1. The lowest BCUT2D eigenvalue weighted by Gasteiger charge is -2.27. The van der Waals surface area contributed by atoms with Crippen molar-refractivity contribution in [3.8, 4) is 0 Å². The molecular weight excluding hydrogens is 327 g/mol. The van der Waals surface area contributed by atoms with Gasteiger partial charge in [0.15, 0.2) is 0 Å². The van der Waals surface area contributed by atoms with Crippen LogP contribution in [0.4, 0.5) is 21.0 Å². The second-order valence-electron chi connectivity index (χ2n) is 5.72. The highest BCUT2D eigenvalue weighted by atomic mass is 19.1. The van der Waals surface area contributed by atoms with Crippen LogP contribution in [-0.4, -0.2) is 27.7 Å². The molecule has 1 aromatic carbocycles. The van der Waals surface area contributed by atoms with E-state index in [1.165, 1.54) is 11.0 Å². The predicted molar refractivity (Wildman–Crippen MR) is 89.6 cm³/mol. The van der Waals surface area contributed by atoms with Gasteiger partial charge in [0, 0.05) is 18.3 Å². The maximum atomic E-state index is 13.8. The summed E-state index contributed by atoms with van der Waals surface area (Å²) in [4.78, 5) is 21.9. The van der Waals surface area contributed by atoms with Crippen molar-refractivity contribution in [1.82, 2.24) is 9.97 Å². The predicted octanol–water partition coefficient (Wildman–Crippen LogP) is 2.76. The Morgan fingerprint density at radius 2 is 2.28 bits per heavy atom. The van der Waals surface area contributed by atoms with Gasteiger partial charge >= 0.3 is 6.09 Å². The van der Waals surface area contributed by atoms with E-state index < -0.39 is 11.9 Å². The smallest absolute Gasteiger partial charge is 0.415 e. The van der Waals surface area contributed by atoms with Crippen LogP contribution in [0.1, 0.15) is 36.6 Å². The summed E-state index contributed by atoms with van der Waals surface area (Å²) >= 11 is 0. The number of anilines is 2. The molecule has 7 nitrogen and oxygen atoms in total. The number of carbonyl (C=O) groups excluding carboxylic acids is 1. The van der Waals surface area contributed by atoms with Crippen molar-refractivity contribution in [1.29, 1.82) is 0 Å². The van der Waals surface area contributed by atoms with Gasteiger partial charge in [0.05, 0.1) is 18.2 Å². The highest BCUT2D eigenvalue weighted by molar-refractivity contribution is 5.89. The molecular formula is C17H19FN4O3. The van der Waals surface area contributed by atoms with Gasteiger partial charge in [-0.25, -0.2) is 14.2 Å². The molecule has 25 heavy (non-hydrogen) atoms. The van der Waals surface area contributed by atoms with Gasteiger partial charge in [0.2, 0.25) is 5.95 Å². The fraction of sp³-hybridized carbons (Fsp3) is 0.353. The molecule has 2 aromatic rings. The number of rotatable bonds is 5. The highest BCUT2D eigenvalue weighted by Gasteiger charge is 2.26. The van der Waals surface area contributed by atoms with Crippen LogP contribution in [0.3, 0.4) is 0 Å². The van der Waals surface area contributed by atoms with Crippen LogP contribution in [0.2, 0.25) is 0 Å². The van der Waals surface area contributed by atoms with E-state index >= 15 is 0 Å². The molecule has 0 aliphatic carbocycles. The Morgan fingerprint density at radius 3 is 2.96 bits per heavy atom. The van der Waals surface area contributed by atoms with E-state index in [0.717, 1.165) is 5.56 Å². The Kier molecular flexibility index (Phi) is 4.80. The van der Waals surface area contributed by atoms with E-state index in [1.807, 2.05) is 13.8 Å². The van der Waals surface area contributed by atoms with Gasteiger partial charge in [-0.1, -0.05) is 12.1 Å². The molecule has 132 valence electrons. The zero-order valence-electron chi connectivity index (χ0n) is 14.0. The molecule has 0 unspecified atom stereocenters. The molecule has 0 saturated heterocycles. The minimum atomic E-state index is -0.458. The lowest BCUT2D eigenvalue weighted by molar-refractivity contribution is 0.141. The minimum absolute atomic E-state index is 0.147. The second-order valence-corrected chi connectivity index (χ2v) is 5.72. The van der Waals surface area contributed by atoms with Crippen LogP contribution in [0, 0.1) is 5.82 Å². The van der Waals surface area contributed by atoms with E-state index in [0.29, 0.717) is 23.9 Å². The summed E-state index contributed by atoms with van der Waals surface area (Å²) in [6.45, 7) is 3.92. The van der Waals surface area contributed by atoms with Crippen molar-refractivity contribution in [3.63, 3.8) is 0 Å². The summed E-state index contributed by atoms with van der Waals surface area (Å²) in [5.74, 6) is 0.399. The monoisotopic (exact) mass is 346 g/mol. The summed E-state index contributed by atoms with van der Waals surface area (Å²) in [7, 11) is 0. The number of hydrogen-bond acceptors (Lipinski definition) is 6. The number of nitrogens with one attached hydrogen (secondary N) is 1. The third-order valence-electron chi connectivity index (χ3n) is 4.08. The number of hydrogen-bond donors (Lipinski definition) is 2. The topological polar surface area (TPSA) is 87.6 Å². The summed E-state index contributed by atoms with van der Waals surface area (Å²) in [5.41, 5.74) is 1.68. The largest absolute Gasteiger partial charge is 0.444 e. The van der Waals surface area contributed by atoms with E-state index in [4.69, 9.17) is 9.84 Å². The normalized spacial score (nSPS) is 14.7. The standard InChI is InChI=1S/C17H19FN4O3/c1-3-22-15-13(9-25-17(22)24)7-19-16(21-15)20-10(2)11-4-5-12(8-23)14(18)6-11/h4-7,10,23H,3,8-9H2,1-2H3,(H,19,20,21)/t10-/m0/s1. The number of ether oxygens (including phenoxy) is 1. The molecule has 0 bridgehead atoms. The molecule has 3 rings (SSSR count). The summed E-state index contributed by atoms with van der Waals surface area (Å²) < 4.78 is 18.9. The molecule has 0 spiro atoms. The SMILES string of the molecule is CCN1C(=O)OCc2cnc(N[C@@H](C)c3ccc(CO)c(F)c3)nc21. The Labute approximate surface area is 144 Å². The number of aromatic nitrogens is 2. The lowest BCUT2D eigenvalue weighted by Crippen LogP contribution is -2.36. The third-order valence-corrected chi connectivity index (χ3v) is 4.08. The Hall–Kier alpha value is -2.74. The van der Waals surface area contributed by atoms with Crippen molar-refractivity contribution in [2.45, 2.75) is 33.1 Å². The number of amides is 1. The van der Waals surface area contributed by atoms with Gasteiger partial charge < -0.3 is 15.2 Å². The molecule has 1 atom stereocenters. The molecule has 2 heterocycles. The Balaban J connectivity index is 1.82. The van der Waals surface area contributed by atoms with Crippen LogP contribution in [-0.2, 0) is 18.0 Å². The lowest BCUT2D eigenvalue weighted by atomic mass is 10.1. The summed E-state index contributed by atoms with van der Waals surface area (Å²) in [6.07, 6.45) is 1.18. The number of aliphatic hydroxyl groups is 1. The number of cyclic esters (lactones) is 1. The van der Waals surface area contributed by atoms with Crippen LogP contribution in [0.25, 0.3) is 0 Å². The van der Waals surface area contributed by atoms with Crippen LogP contribution < -0.4 is 10.2 Å².